The highest BCUT2D eigenvalue weighted by Gasteiger charge is 2.50. The Labute approximate surface area is 261 Å². The van der Waals surface area contributed by atoms with Crippen molar-refractivity contribution in [2.24, 2.45) is 0 Å². The number of halogens is 1. The Morgan fingerprint density at radius 1 is 0.977 bits per heavy atom. The molecule has 10 nitrogen and oxygen atoms in total. The van der Waals surface area contributed by atoms with Crippen LogP contribution in [-0.2, 0) is 30.5 Å². The van der Waals surface area contributed by atoms with Crippen molar-refractivity contribution in [1.82, 2.24) is 14.5 Å². The van der Waals surface area contributed by atoms with Crippen molar-refractivity contribution in [2.75, 3.05) is 26.4 Å². The van der Waals surface area contributed by atoms with Gasteiger partial charge in [-0.25, -0.2) is 9.78 Å². The maximum atomic E-state index is 11.0. The van der Waals surface area contributed by atoms with E-state index in [9.17, 15) is 4.79 Å². The molecule has 2 aromatic heterocycles. The predicted octanol–water partition coefficient (Wildman–Crippen LogP) is 5.75. The van der Waals surface area contributed by atoms with E-state index in [1.807, 2.05) is 41.0 Å². The molecule has 4 atom stereocenters. The number of rotatable bonds is 12. The number of nitrogens with zero attached hydrogens (tertiary/aromatic N) is 3. The number of carbonyl (C=O) groups is 1. The summed E-state index contributed by atoms with van der Waals surface area (Å²) in [5.41, 5.74) is 4.89. The maximum absolute atomic E-state index is 11.0. The Hall–Kier alpha value is -3.32. The van der Waals surface area contributed by atoms with Crippen LogP contribution in [0.2, 0.25) is 30.7 Å². The van der Waals surface area contributed by atoms with Crippen molar-refractivity contribution in [1.29, 1.82) is 0 Å². The van der Waals surface area contributed by atoms with Crippen molar-refractivity contribution in [2.45, 2.75) is 56.8 Å². The van der Waals surface area contributed by atoms with Crippen molar-refractivity contribution in [3.63, 3.8) is 0 Å². The zero-order chi connectivity index (χ0) is 30.8. The van der Waals surface area contributed by atoms with Gasteiger partial charge in [0.2, 0.25) is 0 Å². The largest absolute Gasteiger partial charge is 0.480 e. The zero-order valence-electron chi connectivity index (χ0n) is 24.9. The number of pyridine rings is 1. The molecule has 2 fully saturated rings. The first-order valence-electron chi connectivity index (χ1n) is 14.7. The Balaban J connectivity index is 1.27. The molecule has 0 bridgehead atoms. The smallest absolute Gasteiger partial charge is 0.329 e. The second-order valence-corrected chi connectivity index (χ2v) is 18.3. The molecule has 1 N–H and O–H groups in total. The second-order valence-electron chi connectivity index (χ2n) is 12.3. The van der Waals surface area contributed by atoms with E-state index in [1.165, 1.54) is 0 Å². The second kappa shape index (κ2) is 13.0. The van der Waals surface area contributed by atoms with Gasteiger partial charge in [0.25, 0.3) is 0 Å². The van der Waals surface area contributed by atoms with Gasteiger partial charge < -0.3 is 28.8 Å². The first kappa shape index (κ1) is 30.7. The van der Waals surface area contributed by atoms with Gasteiger partial charge >= 0.3 is 12.0 Å². The molecule has 0 aliphatic carbocycles. The van der Waals surface area contributed by atoms with E-state index in [1.54, 1.807) is 0 Å². The summed E-state index contributed by atoms with van der Waals surface area (Å²) in [5.74, 6) is -1.04. The molecule has 4 aromatic rings. The van der Waals surface area contributed by atoms with Crippen molar-refractivity contribution < 1.29 is 33.6 Å². The van der Waals surface area contributed by atoms with Crippen LogP contribution in [0.5, 0.6) is 6.01 Å². The third-order valence-electron chi connectivity index (χ3n) is 7.78. The predicted molar refractivity (Wildman–Crippen MR) is 169 cm³/mol. The number of imidazole rings is 1. The van der Waals surface area contributed by atoms with Crippen LogP contribution in [0, 0.1) is 0 Å². The average Bonchev–Trinajstić information content (AvgIpc) is 3.68. The van der Waals surface area contributed by atoms with Gasteiger partial charge in [0.05, 0.1) is 29.4 Å². The van der Waals surface area contributed by atoms with Gasteiger partial charge in [0.15, 0.2) is 11.8 Å². The number of aromatic nitrogens is 3. The lowest BCUT2D eigenvalue weighted by Crippen LogP contribution is -2.36. The van der Waals surface area contributed by atoms with Crippen molar-refractivity contribution >= 4 is 36.8 Å². The summed E-state index contributed by atoms with van der Waals surface area (Å²) in [6, 6.07) is 21.5. The third kappa shape index (κ3) is 6.83. The van der Waals surface area contributed by atoms with Gasteiger partial charge in [-0.2, -0.15) is 4.98 Å². The molecule has 232 valence electrons. The minimum Gasteiger partial charge on any atom is -0.480 e. The molecule has 2 aromatic carbocycles. The Morgan fingerprint density at radius 2 is 1.64 bits per heavy atom. The normalized spacial score (nSPS) is 21.5. The maximum Gasteiger partial charge on any atom is 0.329 e. The minimum absolute atomic E-state index is 0.215. The summed E-state index contributed by atoms with van der Waals surface area (Å²) in [6.45, 7) is 7.80. The molecule has 12 heteroatoms. The number of ether oxygens (including phenoxy) is 5. The molecule has 0 saturated carbocycles. The number of fused-ring (bicyclic) bond motifs is 2. The highest BCUT2D eigenvalue weighted by atomic mass is 35.5. The van der Waals surface area contributed by atoms with Crippen LogP contribution >= 0.6 is 11.6 Å². The summed E-state index contributed by atoms with van der Waals surface area (Å²) in [6.07, 6.45) is -1.81. The lowest BCUT2D eigenvalue weighted by atomic mass is 10.0. The molecule has 0 radical (unpaired) electrons. The first-order chi connectivity index (χ1) is 21.2. The lowest BCUT2D eigenvalue weighted by molar-refractivity contribution is -0.146. The number of hydrogen-bond donors (Lipinski definition) is 1. The molecule has 4 heterocycles. The molecule has 0 amide bonds. The number of carboxylic acid groups (broad SMARTS) is 1. The van der Waals surface area contributed by atoms with Crippen molar-refractivity contribution in [3.8, 4) is 28.4 Å². The summed E-state index contributed by atoms with van der Waals surface area (Å²) < 4.78 is 31.7. The van der Waals surface area contributed by atoms with Gasteiger partial charge in [-0.1, -0.05) is 85.8 Å². The fraction of sp³-hybridized carbons (Fsp3) is 0.406. The standard InChI is InChI=1S/C32H36ClN3O7Si/c1-44(2,3)14-13-39-19-36-24-15-23(33)28(22-11-9-21(10-12-22)20-7-5-4-6-8-20)34-31(24)35-32(36)43-26-17-42-29-25(16-41-30(26)29)40-18-27(37)38/h4-12,15,25-26,29-30H,13-14,16-19H2,1-3H3,(H,37,38)/t25-,26-,29-,30-/m1/s1. The molecule has 0 unspecified atom stereocenters. The topological polar surface area (TPSA) is 114 Å². The fourth-order valence-electron chi connectivity index (χ4n) is 5.39. The van der Waals surface area contributed by atoms with E-state index >= 15 is 0 Å². The van der Waals surface area contributed by atoms with Crippen LogP contribution in [-0.4, -0.2) is 84.5 Å². The SMILES string of the molecule is C[Si](C)(C)CCOCn1c(O[C@@H]2CO[C@H]3[C@@H]2OC[C@H]3OCC(=O)O)nc2nc(-c3ccc(-c4ccccc4)cc3)c(Cl)cc21. The molecule has 2 aliphatic heterocycles. The number of benzene rings is 2. The minimum atomic E-state index is -1.29. The van der Waals surface area contributed by atoms with Crippen LogP contribution in [0.3, 0.4) is 0 Å². The number of aliphatic carboxylic acids is 1. The van der Waals surface area contributed by atoms with Gasteiger partial charge in [0, 0.05) is 20.2 Å². The van der Waals surface area contributed by atoms with Crippen molar-refractivity contribution in [3.05, 3.63) is 65.7 Å². The summed E-state index contributed by atoms with van der Waals surface area (Å²) in [7, 11) is -1.29. The summed E-state index contributed by atoms with van der Waals surface area (Å²) >= 11 is 6.83. The lowest BCUT2D eigenvalue weighted by Gasteiger charge is -2.19. The summed E-state index contributed by atoms with van der Waals surface area (Å²) in [5, 5.41) is 9.49. The van der Waals surface area contributed by atoms with E-state index in [-0.39, 0.29) is 19.9 Å². The summed E-state index contributed by atoms with van der Waals surface area (Å²) in [4.78, 5) is 20.6. The van der Waals surface area contributed by atoms with Gasteiger partial charge in [-0.15, -0.1) is 0 Å². The fourth-order valence-corrected chi connectivity index (χ4v) is 6.41. The Bertz CT molecular complexity index is 1610. The molecule has 2 saturated heterocycles. The molecule has 2 aliphatic rings. The highest BCUT2D eigenvalue weighted by molar-refractivity contribution is 6.76. The first-order valence-corrected chi connectivity index (χ1v) is 18.8. The number of carboxylic acids is 1. The number of hydrogen-bond acceptors (Lipinski definition) is 8. The monoisotopic (exact) mass is 637 g/mol. The van der Waals surface area contributed by atoms with Gasteiger partial charge in [0.1, 0.15) is 31.6 Å². The Kier molecular flexibility index (Phi) is 9.04. The van der Waals surface area contributed by atoms with Crippen LogP contribution in [0.15, 0.2) is 60.7 Å². The molecular formula is C32H36ClN3O7Si. The van der Waals surface area contributed by atoms with Gasteiger partial charge in [-0.3, -0.25) is 4.57 Å². The van der Waals surface area contributed by atoms with Crippen LogP contribution in [0.4, 0.5) is 0 Å². The highest BCUT2D eigenvalue weighted by Crippen LogP contribution is 2.35. The van der Waals surface area contributed by atoms with E-state index in [4.69, 9.17) is 50.4 Å². The third-order valence-corrected chi connectivity index (χ3v) is 9.77. The molecule has 0 spiro atoms. The average molecular weight is 638 g/mol. The van der Waals surface area contributed by atoms with Crippen LogP contribution in [0.1, 0.15) is 0 Å². The van der Waals surface area contributed by atoms with Crippen LogP contribution < -0.4 is 4.74 Å². The van der Waals surface area contributed by atoms with E-state index in [0.29, 0.717) is 34.5 Å². The molecule has 44 heavy (non-hydrogen) atoms. The molecule has 6 rings (SSSR count). The van der Waals surface area contributed by atoms with Gasteiger partial charge in [-0.05, 0) is 23.2 Å². The Morgan fingerprint density at radius 3 is 2.34 bits per heavy atom. The van der Waals surface area contributed by atoms with E-state index in [2.05, 4.69) is 43.9 Å². The zero-order valence-corrected chi connectivity index (χ0v) is 26.7. The van der Waals surface area contributed by atoms with E-state index in [0.717, 1.165) is 22.7 Å². The molecular weight excluding hydrogens is 602 g/mol. The quantitative estimate of drug-likeness (QED) is 0.153. The van der Waals surface area contributed by atoms with E-state index < -0.39 is 45.1 Å². The van der Waals surface area contributed by atoms with Crippen LogP contribution in [0.25, 0.3) is 33.5 Å².